The van der Waals surface area contributed by atoms with Crippen molar-refractivity contribution in [1.82, 2.24) is 4.98 Å². The van der Waals surface area contributed by atoms with Crippen LogP contribution >= 0.6 is 0 Å². The molecule has 0 spiro atoms. The highest BCUT2D eigenvalue weighted by Gasteiger charge is 2.15. The van der Waals surface area contributed by atoms with Crippen molar-refractivity contribution < 1.29 is 9.53 Å². The van der Waals surface area contributed by atoms with Gasteiger partial charge >= 0.3 is 6.09 Å². The van der Waals surface area contributed by atoms with Crippen molar-refractivity contribution in [2.24, 2.45) is 0 Å². The fourth-order valence-corrected chi connectivity index (χ4v) is 2.36. The van der Waals surface area contributed by atoms with E-state index in [-0.39, 0.29) is 0 Å². The van der Waals surface area contributed by atoms with Crippen LogP contribution in [0.2, 0.25) is 0 Å². The molecule has 0 saturated heterocycles. The summed E-state index contributed by atoms with van der Waals surface area (Å²) in [6.07, 6.45) is -0.445. The van der Waals surface area contributed by atoms with Gasteiger partial charge in [0.1, 0.15) is 0 Å². The van der Waals surface area contributed by atoms with Crippen LogP contribution in [-0.4, -0.2) is 17.7 Å². The minimum Gasteiger partial charge on any atom is -0.450 e. The van der Waals surface area contributed by atoms with Gasteiger partial charge in [0, 0.05) is 16.5 Å². The molecule has 0 aliphatic heterocycles. The summed E-state index contributed by atoms with van der Waals surface area (Å²) in [7, 11) is 0. The number of carbonyl (C=O) groups excluding carboxylic acids is 1. The fraction of sp³-hybridized carbons (Fsp3) is 0.118. The van der Waals surface area contributed by atoms with Crippen molar-refractivity contribution in [3.63, 3.8) is 0 Å². The first-order valence-electron chi connectivity index (χ1n) is 6.89. The number of aromatic nitrogens is 1. The van der Waals surface area contributed by atoms with Crippen LogP contribution in [0.5, 0.6) is 0 Å². The van der Waals surface area contributed by atoms with Crippen molar-refractivity contribution in [3.05, 3.63) is 54.6 Å². The molecular weight excluding hydrogens is 264 g/mol. The number of aromatic amines is 1. The standard InChI is InChI=1S/C17H16N2O2/c1-2-21-17(20)19-16-13-10-6-7-11-14(13)18-15(16)12-8-4-3-5-9-12/h3-11,18H,2H2,1H3,(H,19,20). The van der Waals surface area contributed by atoms with Crippen LogP contribution in [0.1, 0.15) is 6.92 Å². The number of carbonyl (C=O) groups is 1. The smallest absolute Gasteiger partial charge is 0.411 e. The molecule has 2 N–H and O–H groups in total. The third kappa shape index (κ3) is 2.60. The molecule has 0 aliphatic carbocycles. The van der Waals surface area contributed by atoms with Gasteiger partial charge in [0.25, 0.3) is 0 Å². The molecule has 0 radical (unpaired) electrons. The number of para-hydroxylation sites is 1. The predicted molar refractivity (Wildman–Crippen MR) is 84.4 cm³/mol. The molecule has 0 atom stereocenters. The summed E-state index contributed by atoms with van der Waals surface area (Å²) in [5, 5.41) is 3.80. The van der Waals surface area contributed by atoms with Crippen LogP contribution in [0.4, 0.5) is 10.5 Å². The monoisotopic (exact) mass is 280 g/mol. The highest BCUT2D eigenvalue weighted by atomic mass is 16.5. The zero-order valence-electron chi connectivity index (χ0n) is 11.7. The topological polar surface area (TPSA) is 54.1 Å². The molecule has 0 unspecified atom stereocenters. The number of rotatable bonds is 3. The van der Waals surface area contributed by atoms with Crippen LogP contribution in [0.15, 0.2) is 54.6 Å². The SMILES string of the molecule is CCOC(=O)Nc1c(-c2ccccc2)[nH]c2ccccc12. The lowest BCUT2D eigenvalue weighted by atomic mass is 10.1. The van der Waals surface area contributed by atoms with E-state index in [1.165, 1.54) is 0 Å². The number of benzene rings is 2. The third-order valence-corrected chi connectivity index (χ3v) is 3.27. The first-order valence-corrected chi connectivity index (χ1v) is 6.89. The maximum absolute atomic E-state index is 11.8. The van der Waals surface area contributed by atoms with Crippen molar-refractivity contribution in [3.8, 4) is 11.3 Å². The molecule has 4 nitrogen and oxygen atoms in total. The third-order valence-electron chi connectivity index (χ3n) is 3.27. The molecule has 3 aromatic rings. The predicted octanol–water partition coefficient (Wildman–Crippen LogP) is 4.40. The van der Waals surface area contributed by atoms with Gasteiger partial charge < -0.3 is 9.72 Å². The van der Waals surface area contributed by atoms with Gasteiger partial charge in [-0.05, 0) is 13.0 Å². The van der Waals surface area contributed by atoms with E-state index in [0.29, 0.717) is 6.61 Å². The van der Waals surface area contributed by atoms with Gasteiger partial charge in [0.2, 0.25) is 0 Å². The lowest BCUT2D eigenvalue weighted by Gasteiger charge is -2.07. The maximum Gasteiger partial charge on any atom is 0.411 e. The Morgan fingerprint density at radius 2 is 1.81 bits per heavy atom. The number of ether oxygens (including phenoxy) is 1. The Bertz CT molecular complexity index is 763. The molecule has 3 rings (SSSR count). The van der Waals surface area contributed by atoms with E-state index in [2.05, 4.69) is 10.3 Å². The van der Waals surface area contributed by atoms with Gasteiger partial charge in [-0.25, -0.2) is 4.79 Å². The quantitative estimate of drug-likeness (QED) is 0.747. The summed E-state index contributed by atoms with van der Waals surface area (Å²) in [6, 6.07) is 17.8. The summed E-state index contributed by atoms with van der Waals surface area (Å²) in [6.45, 7) is 2.13. The van der Waals surface area contributed by atoms with Gasteiger partial charge in [-0.2, -0.15) is 0 Å². The summed E-state index contributed by atoms with van der Waals surface area (Å²) in [5.74, 6) is 0. The van der Waals surface area contributed by atoms with Crippen molar-refractivity contribution in [2.75, 3.05) is 11.9 Å². The fourth-order valence-electron chi connectivity index (χ4n) is 2.36. The number of H-pyrrole nitrogens is 1. The van der Waals surface area contributed by atoms with Crippen LogP contribution in [0, 0.1) is 0 Å². The van der Waals surface area contributed by atoms with Crippen molar-refractivity contribution in [2.45, 2.75) is 6.92 Å². The van der Waals surface area contributed by atoms with Gasteiger partial charge in [-0.3, -0.25) is 5.32 Å². The van der Waals surface area contributed by atoms with Crippen molar-refractivity contribution in [1.29, 1.82) is 0 Å². The molecule has 0 bridgehead atoms. The Labute approximate surface area is 122 Å². The zero-order valence-corrected chi connectivity index (χ0v) is 11.7. The molecule has 0 saturated carbocycles. The molecule has 4 heteroatoms. The van der Waals surface area contributed by atoms with E-state index in [4.69, 9.17) is 4.74 Å². The second kappa shape index (κ2) is 5.71. The summed E-state index contributed by atoms with van der Waals surface area (Å²) in [5.41, 5.74) is 3.61. The second-order valence-corrected chi connectivity index (χ2v) is 4.63. The Kier molecular flexibility index (Phi) is 3.60. The Hall–Kier alpha value is -2.75. The molecule has 2 aromatic carbocycles. The average molecular weight is 280 g/mol. The Morgan fingerprint density at radius 3 is 2.57 bits per heavy atom. The zero-order chi connectivity index (χ0) is 14.7. The van der Waals surface area contributed by atoms with Gasteiger partial charge in [-0.15, -0.1) is 0 Å². The van der Waals surface area contributed by atoms with E-state index >= 15 is 0 Å². The number of nitrogens with one attached hydrogen (secondary N) is 2. The van der Waals surface area contributed by atoms with E-state index in [1.54, 1.807) is 6.92 Å². The number of hydrogen-bond acceptors (Lipinski definition) is 2. The van der Waals surface area contributed by atoms with E-state index in [1.807, 2.05) is 54.6 Å². The average Bonchev–Trinajstić information content (AvgIpc) is 2.87. The highest BCUT2D eigenvalue weighted by Crippen LogP contribution is 2.34. The van der Waals surface area contributed by atoms with Crippen LogP contribution in [-0.2, 0) is 4.74 Å². The van der Waals surface area contributed by atoms with E-state index < -0.39 is 6.09 Å². The number of hydrogen-bond donors (Lipinski definition) is 2. The van der Waals surface area contributed by atoms with Crippen LogP contribution in [0.25, 0.3) is 22.2 Å². The first kappa shape index (κ1) is 13.2. The van der Waals surface area contributed by atoms with Gasteiger partial charge in [0.05, 0.1) is 18.0 Å². The molecule has 1 heterocycles. The number of anilines is 1. The van der Waals surface area contributed by atoms with Crippen LogP contribution in [0.3, 0.4) is 0 Å². The number of fused-ring (bicyclic) bond motifs is 1. The minimum absolute atomic E-state index is 0.342. The molecule has 0 aliphatic rings. The maximum atomic E-state index is 11.8. The van der Waals surface area contributed by atoms with Gasteiger partial charge in [-0.1, -0.05) is 48.5 Å². The van der Waals surface area contributed by atoms with Gasteiger partial charge in [0.15, 0.2) is 0 Å². The molecule has 21 heavy (non-hydrogen) atoms. The molecule has 106 valence electrons. The molecule has 0 fully saturated rings. The highest BCUT2D eigenvalue weighted by molar-refractivity contribution is 6.06. The second-order valence-electron chi connectivity index (χ2n) is 4.63. The van der Waals surface area contributed by atoms with E-state index in [0.717, 1.165) is 27.8 Å². The largest absolute Gasteiger partial charge is 0.450 e. The van der Waals surface area contributed by atoms with Crippen LogP contribution < -0.4 is 5.32 Å². The lowest BCUT2D eigenvalue weighted by Crippen LogP contribution is -2.13. The number of amides is 1. The lowest BCUT2D eigenvalue weighted by molar-refractivity contribution is 0.168. The summed E-state index contributed by atoms with van der Waals surface area (Å²) < 4.78 is 4.99. The van der Waals surface area contributed by atoms with Crippen molar-refractivity contribution >= 4 is 22.7 Å². The summed E-state index contributed by atoms with van der Waals surface area (Å²) >= 11 is 0. The molecular formula is C17H16N2O2. The molecule has 1 amide bonds. The Balaban J connectivity index is 2.12. The Morgan fingerprint density at radius 1 is 1.10 bits per heavy atom. The summed E-state index contributed by atoms with van der Waals surface area (Å²) in [4.78, 5) is 15.1. The first-order chi connectivity index (χ1) is 10.3. The van der Waals surface area contributed by atoms with E-state index in [9.17, 15) is 4.79 Å². The molecule has 1 aromatic heterocycles. The normalized spacial score (nSPS) is 10.5. The minimum atomic E-state index is -0.445.